The molecule has 16 heavy (non-hydrogen) atoms. The first-order valence-corrected chi connectivity index (χ1v) is 5.10. The molecule has 1 aromatic rings. The number of halogens is 1. The van der Waals surface area contributed by atoms with Crippen molar-refractivity contribution in [1.29, 1.82) is 0 Å². The molecule has 1 aliphatic carbocycles. The highest BCUT2D eigenvalue weighted by Gasteiger charge is 2.30. The molecule has 2 rings (SSSR count). The molecule has 0 bridgehead atoms. The van der Waals surface area contributed by atoms with Gasteiger partial charge in [-0.05, 0) is 31.2 Å². The third-order valence-corrected chi connectivity index (χ3v) is 2.94. The van der Waals surface area contributed by atoms with Gasteiger partial charge in [-0.15, -0.1) is 12.4 Å². The Morgan fingerprint density at radius 3 is 2.62 bits per heavy atom. The molecule has 5 heteroatoms. The fourth-order valence-electron chi connectivity index (χ4n) is 1.76. The van der Waals surface area contributed by atoms with Crippen molar-refractivity contribution in [2.24, 2.45) is 11.7 Å². The first kappa shape index (κ1) is 12.9. The first-order valence-electron chi connectivity index (χ1n) is 5.10. The molecule has 1 aromatic carbocycles. The molecular formula is C11H15ClN2O2. The van der Waals surface area contributed by atoms with Crippen LogP contribution in [0.1, 0.15) is 30.0 Å². The zero-order valence-electron chi connectivity index (χ0n) is 9.05. The Morgan fingerprint density at radius 1 is 1.50 bits per heavy atom. The average molecular weight is 243 g/mol. The maximum atomic E-state index is 10.7. The van der Waals surface area contributed by atoms with Gasteiger partial charge in [-0.2, -0.15) is 0 Å². The molecule has 0 aromatic heterocycles. The number of hydrogen-bond donors (Lipinski definition) is 1. The summed E-state index contributed by atoms with van der Waals surface area (Å²) < 4.78 is 0. The molecule has 0 heterocycles. The molecule has 0 saturated heterocycles. The lowest BCUT2D eigenvalue weighted by atomic mass is 10.0. The molecule has 1 atom stereocenters. The Bertz CT molecular complexity index is 405. The van der Waals surface area contributed by atoms with Gasteiger partial charge in [0.2, 0.25) is 0 Å². The Morgan fingerprint density at radius 2 is 2.12 bits per heavy atom. The largest absolute Gasteiger partial charge is 0.324 e. The van der Waals surface area contributed by atoms with Gasteiger partial charge in [-0.3, -0.25) is 10.1 Å². The van der Waals surface area contributed by atoms with E-state index in [0.29, 0.717) is 11.5 Å². The van der Waals surface area contributed by atoms with E-state index in [1.807, 2.05) is 6.07 Å². The summed E-state index contributed by atoms with van der Waals surface area (Å²) in [5, 5.41) is 10.7. The van der Waals surface area contributed by atoms with E-state index in [4.69, 9.17) is 5.73 Å². The van der Waals surface area contributed by atoms with E-state index in [2.05, 4.69) is 0 Å². The van der Waals surface area contributed by atoms with E-state index in [0.717, 1.165) is 18.4 Å². The highest BCUT2D eigenvalue weighted by Crippen LogP contribution is 2.40. The summed E-state index contributed by atoms with van der Waals surface area (Å²) in [4.78, 5) is 10.4. The van der Waals surface area contributed by atoms with E-state index >= 15 is 0 Å². The lowest BCUT2D eigenvalue weighted by Crippen LogP contribution is -2.12. The molecular weight excluding hydrogens is 228 g/mol. The third kappa shape index (κ3) is 2.51. The number of nitro groups is 1. The summed E-state index contributed by atoms with van der Waals surface area (Å²) in [6, 6.07) is 5.24. The minimum absolute atomic E-state index is 0. The van der Waals surface area contributed by atoms with Crippen molar-refractivity contribution in [3.63, 3.8) is 0 Å². The Labute approximate surface area is 100 Å². The van der Waals surface area contributed by atoms with Gasteiger partial charge in [0.1, 0.15) is 0 Å². The van der Waals surface area contributed by atoms with Crippen LogP contribution in [0.25, 0.3) is 0 Å². The van der Waals surface area contributed by atoms with E-state index in [-0.39, 0.29) is 29.1 Å². The summed E-state index contributed by atoms with van der Waals surface area (Å²) >= 11 is 0. The van der Waals surface area contributed by atoms with Gasteiger partial charge in [0.05, 0.1) is 4.92 Å². The van der Waals surface area contributed by atoms with Crippen LogP contribution in [0.15, 0.2) is 18.2 Å². The van der Waals surface area contributed by atoms with Crippen molar-refractivity contribution in [2.75, 3.05) is 0 Å². The smallest absolute Gasteiger partial charge is 0.272 e. The minimum atomic E-state index is -0.349. The van der Waals surface area contributed by atoms with Crippen LogP contribution in [-0.2, 0) is 0 Å². The van der Waals surface area contributed by atoms with Crippen LogP contribution in [0.2, 0.25) is 0 Å². The number of nitrogens with zero attached hydrogens (tertiary/aromatic N) is 1. The minimum Gasteiger partial charge on any atom is -0.324 e. The quantitative estimate of drug-likeness (QED) is 0.655. The molecule has 0 amide bonds. The maximum Gasteiger partial charge on any atom is 0.272 e. The maximum absolute atomic E-state index is 10.7. The topological polar surface area (TPSA) is 69.2 Å². The van der Waals surface area contributed by atoms with E-state index < -0.39 is 0 Å². The molecule has 0 aliphatic heterocycles. The fraction of sp³-hybridized carbons (Fsp3) is 0.455. The number of aryl methyl sites for hydroxylation is 1. The summed E-state index contributed by atoms with van der Waals surface area (Å²) in [6.45, 7) is 1.74. The molecule has 4 nitrogen and oxygen atoms in total. The predicted molar refractivity (Wildman–Crippen MR) is 64.7 cm³/mol. The second-order valence-electron chi connectivity index (χ2n) is 4.17. The van der Waals surface area contributed by atoms with Crippen LogP contribution in [0.4, 0.5) is 5.69 Å². The van der Waals surface area contributed by atoms with Crippen LogP contribution < -0.4 is 5.73 Å². The average Bonchev–Trinajstić information content (AvgIpc) is 3.00. The molecule has 1 fully saturated rings. The molecule has 1 saturated carbocycles. The number of hydrogen-bond acceptors (Lipinski definition) is 3. The molecule has 88 valence electrons. The Balaban J connectivity index is 0.00000128. The summed E-state index contributed by atoms with van der Waals surface area (Å²) in [5.41, 5.74) is 7.74. The van der Waals surface area contributed by atoms with Crippen LogP contribution in [0, 0.1) is 23.0 Å². The second kappa shape index (κ2) is 4.80. The van der Waals surface area contributed by atoms with Crippen LogP contribution >= 0.6 is 12.4 Å². The predicted octanol–water partition coefficient (Wildman–Crippen LogP) is 2.73. The number of rotatable bonds is 3. The van der Waals surface area contributed by atoms with Crippen molar-refractivity contribution >= 4 is 18.1 Å². The summed E-state index contributed by atoms with van der Waals surface area (Å²) in [6.07, 6.45) is 2.28. The van der Waals surface area contributed by atoms with Crippen molar-refractivity contribution in [3.8, 4) is 0 Å². The van der Waals surface area contributed by atoms with Gasteiger partial charge in [0, 0.05) is 17.7 Å². The zero-order chi connectivity index (χ0) is 11.0. The second-order valence-corrected chi connectivity index (χ2v) is 4.17. The highest BCUT2D eigenvalue weighted by atomic mass is 35.5. The SMILES string of the molecule is Cc1ccc([C@H](N)C2CC2)cc1[N+](=O)[O-].Cl. The molecule has 2 N–H and O–H groups in total. The molecule has 0 unspecified atom stereocenters. The molecule has 1 aliphatic rings. The van der Waals surface area contributed by atoms with Gasteiger partial charge in [0.25, 0.3) is 5.69 Å². The van der Waals surface area contributed by atoms with Gasteiger partial charge in [-0.25, -0.2) is 0 Å². The molecule has 0 radical (unpaired) electrons. The van der Waals surface area contributed by atoms with Crippen LogP contribution in [-0.4, -0.2) is 4.92 Å². The number of nitrogens with two attached hydrogens (primary N) is 1. The molecule has 0 spiro atoms. The normalized spacial score (nSPS) is 16.4. The van der Waals surface area contributed by atoms with Gasteiger partial charge < -0.3 is 5.73 Å². The van der Waals surface area contributed by atoms with Gasteiger partial charge >= 0.3 is 0 Å². The van der Waals surface area contributed by atoms with Gasteiger partial charge in [-0.1, -0.05) is 12.1 Å². The Kier molecular flexibility index (Phi) is 3.88. The standard InChI is InChI=1S/C11H14N2O2.ClH/c1-7-2-3-9(6-10(7)13(14)15)11(12)8-4-5-8;/h2-3,6,8,11H,4-5,12H2,1H3;1H/t11-;/m1./s1. The lowest BCUT2D eigenvalue weighted by molar-refractivity contribution is -0.385. The third-order valence-electron chi connectivity index (χ3n) is 2.94. The van der Waals surface area contributed by atoms with E-state index in [9.17, 15) is 10.1 Å². The van der Waals surface area contributed by atoms with Crippen LogP contribution in [0.3, 0.4) is 0 Å². The lowest BCUT2D eigenvalue weighted by Gasteiger charge is -2.10. The number of benzene rings is 1. The van der Waals surface area contributed by atoms with Crippen molar-refractivity contribution < 1.29 is 4.92 Å². The highest BCUT2D eigenvalue weighted by molar-refractivity contribution is 5.85. The van der Waals surface area contributed by atoms with Crippen molar-refractivity contribution in [3.05, 3.63) is 39.4 Å². The van der Waals surface area contributed by atoms with Gasteiger partial charge in [0.15, 0.2) is 0 Å². The zero-order valence-corrected chi connectivity index (χ0v) is 9.87. The first-order chi connectivity index (χ1) is 7.09. The van der Waals surface area contributed by atoms with Crippen LogP contribution in [0.5, 0.6) is 0 Å². The van der Waals surface area contributed by atoms with E-state index in [1.165, 1.54) is 0 Å². The van der Waals surface area contributed by atoms with Crippen molar-refractivity contribution in [2.45, 2.75) is 25.8 Å². The Hall–Kier alpha value is -1.13. The monoisotopic (exact) mass is 242 g/mol. The summed E-state index contributed by atoms with van der Waals surface area (Å²) in [5.74, 6) is 0.521. The van der Waals surface area contributed by atoms with Crippen molar-refractivity contribution in [1.82, 2.24) is 0 Å². The fourth-order valence-corrected chi connectivity index (χ4v) is 1.76. The summed E-state index contributed by atoms with van der Waals surface area (Å²) in [7, 11) is 0. The van der Waals surface area contributed by atoms with E-state index in [1.54, 1.807) is 19.1 Å². The number of nitro benzene ring substituents is 1.